The van der Waals surface area contributed by atoms with E-state index < -0.39 is 71.3 Å². The molecule has 0 fully saturated rings. The Morgan fingerprint density at radius 2 is 0.467 bits per heavy atom. The number of esters is 6. The lowest BCUT2D eigenvalue weighted by Crippen LogP contribution is -2.28. The minimum absolute atomic E-state index is 0.116. The summed E-state index contributed by atoms with van der Waals surface area (Å²) in [5, 5.41) is 0. The van der Waals surface area contributed by atoms with Gasteiger partial charge < -0.3 is 28.4 Å². The van der Waals surface area contributed by atoms with Crippen LogP contribution in [0.15, 0.2) is 33.4 Å². The van der Waals surface area contributed by atoms with Crippen LogP contribution in [-0.2, 0) is 57.2 Å². The van der Waals surface area contributed by atoms with Crippen molar-refractivity contribution in [1.29, 1.82) is 0 Å². The normalized spacial score (nSPS) is 27.3. The number of carbonyl (C=O) groups is 6. The van der Waals surface area contributed by atoms with Gasteiger partial charge in [0.25, 0.3) is 0 Å². The topological polar surface area (TPSA) is 158 Å². The number of carbonyl (C=O) groups excluding carboxylic acids is 6. The van der Waals surface area contributed by atoms with Gasteiger partial charge in [-0.25, -0.2) is 28.8 Å². The van der Waals surface area contributed by atoms with Crippen molar-refractivity contribution in [2.45, 2.75) is 54.8 Å². The first-order chi connectivity index (χ1) is 21.6. The van der Waals surface area contributed by atoms with Gasteiger partial charge in [-0.1, -0.05) is 0 Å². The summed E-state index contributed by atoms with van der Waals surface area (Å²) < 4.78 is 31.3. The zero-order valence-corrected chi connectivity index (χ0v) is 25.5. The second kappa shape index (κ2) is 9.88. The molecule has 6 aliphatic rings. The van der Waals surface area contributed by atoms with Crippen molar-refractivity contribution in [3.05, 3.63) is 66.8 Å². The molecular formula is C33H30O12. The molecule has 0 saturated carbocycles. The Kier molecular flexibility index (Phi) is 6.37. The second-order valence-corrected chi connectivity index (χ2v) is 11.9. The van der Waals surface area contributed by atoms with E-state index >= 15 is 0 Å². The predicted octanol–water partition coefficient (Wildman–Crippen LogP) is 2.37. The highest BCUT2D eigenvalue weighted by atomic mass is 16.5. The molecule has 0 heterocycles. The van der Waals surface area contributed by atoms with Crippen LogP contribution in [0.4, 0.5) is 0 Å². The molecule has 0 amide bonds. The van der Waals surface area contributed by atoms with Gasteiger partial charge in [0.2, 0.25) is 0 Å². The van der Waals surface area contributed by atoms with Crippen LogP contribution in [0.3, 0.4) is 0 Å². The van der Waals surface area contributed by atoms with Crippen molar-refractivity contribution in [3.8, 4) is 0 Å². The number of benzene rings is 1. The third kappa shape index (κ3) is 3.37. The fourth-order valence-electron chi connectivity index (χ4n) is 9.41. The standard InChI is InChI=1S/C33H30O12/c1-40-28(34)22-10-7-12-18-16(10)17-11(23(22)29(35)41-2)8-13-19(17)21-15(27(33(39)45-6)25(13)31(37)43-4)9-14(20(18)21)26(32(38)44-5)24(12)30(36)42-3/h10-15H,7-9H2,1-6H3. The molecule has 0 aliphatic heterocycles. The van der Waals surface area contributed by atoms with Crippen LogP contribution >= 0.6 is 0 Å². The zero-order valence-electron chi connectivity index (χ0n) is 25.5. The highest BCUT2D eigenvalue weighted by Crippen LogP contribution is 2.72. The van der Waals surface area contributed by atoms with Crippen LogP contribution in [0.1, 0.15) is 88.2 Å². The number of methoxy groups -OCH3 is 6. The Morgan fingerprint density at radius 3 is 0.578 bits per heavy atom. The molecule has 7 rings (SSSR count). The molecule has 12 nitrogen and oxygen atoms in total. The first-order valence-electron chi connectivity index (χ1n) is 14.6. The summed E-state index contributed by atoms with van der Waals surface area (Å²) in [6.45, 7) is 0. The average molecular weight is 619 g/mol. The molecule has 12 heteroatoms. The monoisotopic (exact) mass is 618 g/mol. The molecule has 0 saturated heterocycles. The molecule has 0 aromatic heterocycles. The lowest BCUT2D eigenvalue weighted by Gasteiger charge is -2.34. The fraction of sp³-hybridized carbons (Fsp3) is 0.455. The fourth-order valence-corrected chi connectivity index (χ4v) is 9.41. The summed E-state index contributed by atoms with van der Waals surface area (Å²) in [7, 11) is 7.34. The zero-order chi connectivity index (χ0) is 32.2. The molecule has 45 heavy (non-hydrogen) atoms. The van der Waals surface area contributed by atoms with Crippen molar-refractivity contribution in [1.82, 2.24) is 0 Å². The smallest absolute Gasteiger partial charge is 0.334 e. The van der Waals surface area contributed by atoms with E-state index in [2.05, 4.69) is 0 Å². The van der Waals surface area contributed by atoms with Gasteiger partial charge in [-0.2, -0.15) is 0 Å². The summed E-state index contributed by atoms with van der Waals surface area (Å²) in [5.41, 5.74) is 5.42. The molecule has 6 unspecified atom stereocenters. The van der Waals surface area contributed by atoms with Gasteiger partial charge >= 0.3 is 35.8 Å². The Balaban J connectivity index is 1.66. The summed E-state index contributed by atoms with van der Waals surface area (Å²) >= 11 is 0. The van der Waals surface area contributed by atoms with E-state index in [9.17, 15) is 28.8 Å². The summed E-state index contributed by atoms with van der Waals surface area (Å²) in [4.78, 5) is 81.3. The Labute approximate surface area is 257 Å². The van der Waals surface area contributed by atoms with Crippen molar-refractivity contribution < 1.29 is 57.2 Å². The summed E-state index contributed by atoms with van der Waals surface area (Å²) in [5.74, 6) is -8.39. The number of ether oxygens (including phenoxy) is 6. The maximum atomic E-state index is 13.6. The molecule has 1 aromatic rings. The van der Waals surface area contributed by atoms with Gasteiger partial charge in [-0.15, -0.1) is 0 Å². The van der Waals surface area contributed by atoms with Crippen LogP contribution in [0.2, 0.25) is 0 Å². The van der Waals surface area contributed by atoms with Crippen molar-refractivity contribution in [2.24, 2.45) is 0 Å². The summed E-state index contributed by atoms with van der Waals surface area (Å²) in [6.07, 6.45) is 0.512. The van der Waals surface area contributed by atoms with Crippen LogP contribution in [0, 0.1) is 0 Å². The second-order valence-electron chi connectivity index (χ2n) is 11.9. The van der Waals surface area contributed by atoms with Gasteiger partial charge in [0, 0.05) is 35.5 Å². The van der Waals surface area contributed by atoms with E-state index in [1.54, 1.807) is 0 Å². The molecule has 0 N–H and O–H groups in total. The first-order valence-corrected chi connectivity index (χ1v) is 14.6. The quantitative estimate of drug-likeness (QED) is 0.339. The van der Waals surface area contributed by atoms with Gasteiger partial charge in [0.05, 0.1) is 76.1 Å². The van der Waals surface area contributed by atoms with Crippen molar-refractivity contribution in [3.63, 3.8) is 0 Å². The molecule has 0 spiro atoms. The molecule has 6 atom stereocenters. The SMILES string of the molecule is COC(=O)C1=C(C(=O)OC)C2CC3C(C(=O)OC)=C(C(=O)OC)C4CC5C(C(=O)OC)=C(C(=O)OC)C6CC1c1c2c3c4c5c16. The Morgan fingerprint density at radius 1 is 0.333 bits per heavy atom. The third-order valence-corrected chi connectivity index (χ3v) is 10.6. The van der Waals surface area contributed by atoms with Crippen LogP contribution in [-0.4, -0.2) is 78.5 Å². The van der Waals surface area contributed by atoms with E-state index in [-0.39, 0.29) is 52.7 Å². The highest BCUT2D eigenvalue weighted by molar-refractivity contribution is 6.09. The van der Waals surface area contributed by atoms with Gasteiger partial charge in [-0.3, -0.25) is 0 Å². The molecule has 0 radical (unpaired) electrons. The van der Waals surface area contributed by atoms with E-state index in [1.165, 1.54) is 42.7 Å². The van der Waals surface area contributed by atoms with Crippen LogP contribution < -0.4 is 0 Å². The average Bonchev–Trinajstić information content (AvgIpc) is 3.75. The first kappa shape index (κ1) is 29.0. The van der Waals surface area contributed by atoms with Crippen LogP contribution in [0.25, 0.3) is 0 Å². The van der Waals surface area contributed by atoms with E-state index in [4.69, 9.17) is 28.4 Å². The summed E-state index contributed by atoms with van der Waals surface area (Å²) in [6, 6.07) is 0. The number of hydrogen-bond acceptors (Lipinski definition) is 12. The number of rotatable bonds is 6. The molecule has 6 aliphatic carbocycles. The van der Waals surface area contributed by atoms with Gasteiger partial charge in [0.1, 0.15) is 0 Å². The minimum Gasteiger partial charge on any atom is -0.466 e. The van der Waals surface area contributed by atoms with Crippen molar-refractivity contribution in [2.75, 3.05) is 42.7 Å². The highest BCUT2D eigenvalue weighted by Gasteiger charge is 2.62. The van der Waals surface area contributed by atoms with E-state index in [0.29, 0.717) is 0 Å². The van der Waals surface area contributed by atoms with Gasteiger partial charge in [0.15, 0.2) is 0 Å². The van der Waals surface area contributed by atoms with Crippen molar-refractivity contribution >= 4 is 35.8 Å². The maximum Gasteiger partial charge on any atom is 0.334 e. The maximum absolute atomic E-state index is 13.6. The Hall–Kier alpha value is -4.74. The largest absolute Gasteiger partial charge is 0.466 e. The van der Waals surface area contributed by atoms with E-state index in [1.807, 2.05) is 0 Å². The minimum atomic E-state index is -0.720. The third-order valence-electron chi connectivity index (χ3n) is 10.6. The molecular weight excluding hydrogens is 588 g/mol. The molecule has 234 valence electrons. The lowest BCUT2D eigenvalue weighted by atomic mass is 9.69. The van der Waals surface area contributed by atoms with Gasteiger partial charge in [-0.05, 0) is 52.6 Å². The predicted molar refractivity (Wildman–Crippen MR) is 150 cm³/mol. The number of hydrogen-bond donors (Lipinski definition) is 0. The molecule has 1 aromatic carbocycles. The molecule has 0 bridgehead atoms. The lowest BCUT2D eigenvalue weighted by molar-refractivity contribution is -0.140. The Bertz CT molecular complexity index is 1440. The van der Waals surface area contributed by atoms with E-state index in [0.717, 1.165) is 33.4 Å². The van der Waals surface area contributed by atoms with Crippen LogP contribution in [0.5, 0.6) is 0 Å².